The molecule has 1 N–H and O–H groups in total. The molecule has 3 aliphatic rings. The number of hydrogen-bond donors (Lipinski definition) is 1. The minimum absolute atomic E-state index is 0.132. The van der Waals surface area contributed by atoms with Crippen molar-refractivity contribution in [2.75, 3.05) is 86.7 Å². The highest BCUT2D eigenvalue weighted by atomic mass is 16.5. The summed E-state index contributed by atoms with van der Waals surface area (Å²) in [5, 5.41) is 14.0. The van der Waals surface area contributed by atoms with Crippen LogP contribution in [0.4, 0.5) is 17.2 Å². The Morgan fingerprint density at radius 2 is 1.79 bits per heavy atom. The minimum atomic E-state index is 0.132. The molecule has 5 heterocycles. The molecule has 2 unspecified atom stereocenters. The first-order chi connectivity index (χ1) is 18.7. The smallest absolute Gasteiger partial charge is 0.128 e. The summed E-state index contributed by atoms with van der Waals surface area (Å²) in [5.74, 6) is 1.08. The molecular weight excluding hydrogens is 476 g/mol. The van der Waals surface area contributed by atoms with Gasteiger partial charge in [-0.05, 0) is 43.3 Å². The third-order valence-electron chi connectivity index (χ3n) is 7.91. The van der Waals surface area contributed by atoms with E-state index in [1.807, 2.05) is 18.3 Å². The van der Waals surface area contributed by atoms with Gasteiger partial charge in [0.2, 0.25) is 0 Å². The van der Waals surface area contributed by atoms with E-state index in [1.54, 1.807) is 6.20 Å². The van der Waals surface area contributed by atoms with Crippen LogP contribution in [-0.4, -0.2) is 99.1 Å². The van der Waals surface area contributed by atoms with Crippen LogP contribution in [0, 0.1) is 11.3 Å². The van der Waals surface area contributed by atoms with Crippen LogP contribution in [0.5, 0.6) is 0 Å². The van der Waals surface area contributed by atoms with Gasteiger partial charge in [-0.2, -0.15) is 5.26 Å². The lowest BCUT2D eigenvalue weighted by Crippen LogP contribution is -2.54. The van der Waals surface area contributed by atoms with Crippen molar-refractivity contribution < 1.29 is 4.74 Å². The molecule has 9 nitrogen and oxygen atoms in total. The number of nitrogens with zero attached hydrogens (tertiary/aromatic N) is 7. The Kier molecular flexibility index (Phi) is 7.27. The van der Waals surface area contributed by atoms with Gasteiger partial charge >= 0.3 is 0 Å². The van der Waals surface area contributed by atoms with Crippen molar-refractivity contribution >= 4 is 28.1 Å². The summed E-state index contributed by atoms with van der Waals surface area (Å²) in [5.41, 5.74) is 3.73. The molecule has 1 aromatic carbocycles. The molecule has 2 atom stereocenters. The third kappa shape index (κ3) is 5.25. The van der Waals surface area contributed by atoms with Crippen LogP contribution in [-0.2, 0) is 4.74 Å². The van der Waals surface area contributed by atoms with E-state index >= 15 is 0 Å². The predicted octanol–water partition coefficient (Wildman–Crippen LogP) is 2.33. The van der Waals surface area contributed by atoms with E-state index in [0.717, 1.165) is 94.4 Å². The lowest BCUT2D eigenvalue weighted by atomic mass is 10.1. The summed E-state index contributed by atoms with van der Waals surface area (Å²) < 4.78 is 6.40. The second kappa shape index (κ2) is 11.1. The third-order valence-corrected chi connectivity index (χ3v) is 7.91. The van der Waals surface area contributed by atoms with E-state index in [9.17, 15) is 5.26 Å². The maximum Gasteiger partial charge on any atom is 0.128 e. The largest absolute Gasteiger partial charge is 0.370 e. The highest BCUT2D eigenvalue weighted by Gasteiger charge is 2.29. The highest BCUT2D eigenvalue weighted by Crippen LogP contribution is 2.30. The first-order valence-electron chi connectivity index (χ1n) is 13.8. The van der Waals surface area contributed by atoms with E-state index in [1.165, 1.54) is 5.69 Å². The average Bonchev–Trinajstić information content (AvgIpc) is 2.97. The normalized spacial score (nSPS) is 23.0. The van der Waals surface area contributed by atoms with Crippen molar-refractivity contribution in [2.24, 2.45) is 0 Å². The van der Waals surface area contributed by atoms with E-state index in [-0.39, 0.29) is 12.2 Å². The lowest BCUT2D eigenvalue weighted by molar-refractivity contribution is -0.0327. The SMILES string of the molecule is CC1CN(c2ccc(C#N)c3ncccc23)CC(CN2CCN(c3ccc(N4CCNCC4)nc3)CC2)O1. The monoisotopic (exact) mass is 512 g/mol. The van der Waals surface area contributed by atoms with Crippen LogP contribution >= 0.6 is 0 Å². The molecule has 0 amide bonds. The number of fused-ring (bicyclic) bond motifs is 1. The fourth-order valence-electron chi connectivity index (χ4n) is 5.99. The van der Waals surface area contributed by atoms with Crippen molar-refractivity contribution in [3.63, 3.8) is 0 Å². The summed E-state index contributed by atoms with van der Waals surface area (Å²) in [6.45, 7) is 12.8. The number of pyridine rings is 2. The summed E-state index contributed by atoms with van der Waals surface area (Å²) in [6.07, 6.45) is 4.06. The summed E-state index contributed by atoms with van der Waals surface area (Å²) in [4.78, 5) is 19.0. The molecule has 6 rings (SSSR count). The van der Waals surface area contributed by atoms with E-state index in [0.29, 0.717) is 5.56 Å². The number of anilines is 3. The second-order valence-electron chi connectivity index (χ2n) is 10.5. The van der Waals surface area contributed by atoms with Crippen molar-refractivity contribution in [3.8, 4) is 6.07 Å². The Labute approximate surface area is 224 Å². The fraction of sp³-hybridized carbons (Fsp3) is 0.483. The Morgan fingerprint density at radius 3 is 2.55 bits per heavy atom. The van der Waals surface area contributed by atoms with Gasteiger partial charge in [0.1, 0.15) is 11.9 Å². The van der Waals surface area contributed by atoms with Gasteiger partial charge in [0, 0.05) is 89.3 Å². The number of nitriles is 1. The van der Waals surface area contributed by atoms with Gasteiger partial charge in [-0.15, -0.1) is 0 Å². The molecule has 0 spiro atoms. The molecular formula is C29H36N8O. The Balaban J connectivity index is 1.07. The van der Waals surface area contributed by atoms with Gasteiger partial charge in [0.05, 0.1) is 35.2 Å². The zero-order valence-electron chi connectivity index (χ0n) is 22.1. The number of hydrogen-bond acceptors (Lipinski definition) is 9. The molecule has 0 aliphatic carbocycles. The molecule has 198 valence electrons. The number of nitrogens with one attached hydrogen (secondary N) is 1. The lowest BCUT2D eigenvalue weighted by Gasteiger charge is -2.42. The van der Waals surface area contributed by atoms with Gasteiger partial charge < -0.3 is 24.8 Å². The van der Waals surface area contributed by atoms with Crippen LogP contribution < -0.4 is 20.0 Å². The summed E-state index contributed by atoms with van der Waals surface area (Å²) in [6, 6.07) is 14.6. The summed E-state index contributed by atoms with van der Waals surface area (Å²) in [7, 11) is 0. The molecule has 2 aromatic heterocycles. The Morgan fingerprint density at radius 1 is 0.947 bits per heavy atom. The predicted molar refractivity (Wildman–Crippen MR) is 151 cm³/mol. The van der Waals surface area contributed by atoms with Crippen LogP contribution in [0.2, 0.25) is 0 Å². The summed E-state index contributed by atoms with van der Waals surface area (Å²) >= 11 is 0. The number of aromatic nitrogens is 2. The van der Waals surface area contributed by atoms with E-state index < -0.39 is 0 Å². The van der Waals surface area contributed by atoms with Crippen molar-refractivity contribution in [1.82, 2.24) is 20.2 Å². The van der Waals surface area contributed by atoms with E-state index in [4.69, 9.17) is 9.72 Å². The van der Waals surface area contributed by atoms with E-state index in [2.05, 4.69) is 67.2 Å². The molecule has 0 bridgehead atoms. The fourth-order valence-corrected chi connectivity index (χ4v) is 5.99. The zero-order chi connectivity index (χ0) is 25.9. The Bertz CT molecular complexity index is 1280. The van der Waals surface area contributed by atoms with Crippen LogP contribution in [0.15, 0.2) is 48.8 Å². The van der Waals surface area contributed by atoms with Gasteiger partial charge in [0.25, 0.3) is 0 Å². The maximum absolute atomic E-state index is 9.52. The number of morpholine rings is 1. The highest BCUT2D eigenvalue weighted by molar-refractivity contribution is 5.95. The number of rotatable bonds is 5. The molecule has 0 radical (unpaired) electrons. The number of ether oxygens (including phenoxy) is 1. The minimum Gasteiger partial charge on any atom is -0.370 e. The molecule has 38 heavy (non-hydrogen) atoms. The molecule has 3 saturated heterocycles. The standard InChI is InChI=1S/C29H36N8O/c1-22-19-37(27-6-4-23(17-30)29-26(27)3-2-8-32-29)21-25(38-22)20-34-13-15-35(16-14-34)24-5-7-28(33-18-24)36-11-9-31-10-12-36/h2-8,18,22,25,31H,9-16,19-21H2,1H3. The molecule has 9 heteroatoms. The zero-order valence-corrected chi connectivity index (χ0v) is 22.1. The molecule has 3 aromatic rings. The van der Waals surface area contributed by atoms with Gasteiger partial charge in [-0.1, -0.05) is 0 Å². The van der Waals surface area contributed by atoms with Crippen molar-refractivity contribution in [2.45, 2.75) is 19.1 Å². The second-order valence-corrected chi connectivity index (χ2v) is 10.5. The quantitative estimate of drug-likeness (QED) is 0.554. The van der Waals surface area contributed by atoms with Crippen molar-refractivity contribution in [3.05, 3.63) is 54.4 Å². The number of piperazine rings is 2. The van der Waals surface area contributed by atoms with Crippen molar-refractivity contribution in [1.29, 1.82) is 5.26 Å². The number of benzene rings is 1. The van der Waals surface area contributed by atoms with Crippen LogP contribution in [0.25, 0.3) is 10.9 Å². The molecule has 3 aliphatic heterocycles. The topological polar surface area (TPSA) is 83.8 Å². The van der Waals surface area contributed by atoms with Gasteiger partial charge in [-0.3, -0.25) is 9.88 Å². The molecule has 3 fully saturated rings. The maximum atomic E-state index is 9.52. The van der Waals surface area contributed by atoms with Crippen LogP contribution in [0.3, 0.4) is 0 Å². The first kappa shape index (κ1) is 24.9. The Hall–Kier alpha value is -3.45. The first-order valence-corrected chi connectivity index (χ1v) is 13.8. The van der Waals surface area contributed by atoms with Gasteiger partial charge in [0.15, 0.2) is 0 Å². The molecule has 0 saturated carbocycles. The van der Waals surface area contributed by atoms with Crippen LogP contribution in [0.1, 0.15) is 12.5 Å². The van der Waals surface area contributed by atoms with Gasteiger partial charge in [-0.25, -0.2) is 4.98 Å². The average molecular weight is 513 g/mol.